The molecular formula is C48H32N2. The van der Waals surface area contributed by atoms with Crippen LogP contribution in [0.15, 0.2) is 194 Å². The molecule has 2 heterocycles. The van der Waals surface area contributed by atoms with E-state index in [1.54, 1.807) is 0 Å². The SMILES string of the molecule is c1ccc(-c2cccc(-c3cccc(-n4c5ccccc5c5cc(-n6c7ccccc7c7c(-c8ccccc8)cccc76)ccc54)c3)c2)cc1. The molecule has 0 amide bonds. The van der Waals surface area contributed by atoms with Gasteiger partial charge in [0, 0.05) is 32.9 Å². The quantitative estimate of drug-likeness (QED) is 0.178. The van der Waals surface area contributed by atoms with E-state index in [0.717, 1.165) is 11.4 Å². The van der Waals surface area contributed by atoms with Gasteiger partial charge in [-0.2, -0.15) is 0 Å². The normalized spacial score (nSPS) is 11.6. The minimum atomic E-state index is 1.15. The van der Waals surface area contributed by atoms with Gasteiger partial charge in [0.1, 0.15) is 0 Å². The van der Waals surface area contributed by atoms with Crippen LogP contribution in [0.1, 0.15) is 0 Å². The molecule has 2 heteroatoms. The van der Waals surface area contributed by atoms with Crippen LogP contribution in [0.3, 0.4) is 0 Å². The van der Waals surface area contributed by atoms with Gasteiger partial charge >= 0.3 is 0 Å². The summed E-state index contributed by atoms with van der Waals surface area (Å²) in [4.78, 5) is 0. The zero-order valence-electron chi connectivity index (χ0n) is 27.4. The Bertz CT molecular complexity index is 2860. The van der Waals surface area contributed by atoms with Gasteiger partial charge in [-0.1, -0.05) is 140 Å². The summed E-state index contributed by atoms with van der Waals surface area (Å²) in [7, 11) is 0. The standard InChI is InChI=1S/C48H32N2/c1-3-14-33(15-4-1)35-18-11-19-36(30-35)37-20-12-21-38(31-37)49-44-25-9-7-22-41(44)43-32-39(28-29-46(43)49)50-45-26-10-8-23-42(45)48-40(24-13-27-47(48)50)34-16-5-2-6-17-34/h1-32H. The molecule has 0 fully saturated rings. The largest absolute Gasteiger partial charge is 0.309 e. The lowest BCUT2D eigenvalue weighted by Gasteiger charge is -2.12. The number of aromatic nitrogens is 2. The van der Waals surface area contributed by atoms with Gasteiger partial charge < -0.3 is 9.13 Å². The molecule has 0 bridgehead atoms. The fourth-order valence-corrected chi connectivity index (χ4v) is 7.87. The van der Waals surface area contributed by atoms with Gasteiger partial charge in [0.05, 0.1) is 22.1 Å². The van der Waals surface area contributed by atoms with E-state index in [-0.39, 0.29) is 0 Å². The summed E-state index contributed by atoms with van der Waals surface area (Å²) in [5.41, 5.74) is 14.4. The molecule has 10 rings (SSSR count). The van der Waals surface area contributed by atoms with E-state index in [1.165, 1.54) is 77.0 Å². The lowest BCUT2D eigenvalue weighted by Crippen LogP contribution is -1.96. The first-order chi connectivity index (χ1) is 24.8. The van der Waals surface area contributed by atoms with Crippen molar-refractivity contribution in [3.8, 4) is 44.8 Å². The highest BCUT2D eigenvalue weighted by Crippen LogP contribution is 2.40. The molecular weight excluding hydrogens is 605 g/mol. The monoisotopic (exact) mass is 636 g/mol. The Morgan fingerprint density at radius 1 is 0.260 bits per heavy atom. The van der Waals surface area contributed by atoms with Gasteiger partial charge in [0.2, 0.25) is 0 Å². The molecule has 0 N–H and O–H groups in total. The lowest BCUT2D eigenvalue weighted by molar-refractivity contribution is 1.17. The smallest absolute Gasteiger partial charge is 0.0547 e. The summed E-state index contributed by atoms with van der Waals surface area (Å²) in [6.45, 7) is 0. The lowest BCUT2D eigenvalue weighted by atomic mass is 9.99. The average molecular weight is 637 g/mol. The molecule has 50 heavy (non-hydrogen) atoms. The van der Waals surface area contributed by atoms with E-state index < -0.39 is 0 Å². The van der Waals surface area contributed by atoms with Crippen molar-refractivity contribution in [1.29, 1.82) is 0 Å². The molecule has 2 aromatic heterocycles. The Labute approximate surface area is 290 Å². The molecule has 0 saturated carbocycles. The van der Waals surface area contributed by atoms with Crippen LogP contribution in [0.4, 0.5) is 0 Å². The van der Waals surface area contributed by atoms with Crippen LogP contribution < -0.4 is 0 Å². The summed E-state index contributed by atoms with van der Waals surface area (Å²) in [6, 6.07) is 70.4. The third kappa shape index (κ3) is 4.50. The zero-order chi connectivity index (χ0) is 33.0. The molecule has 8 aromatic carbocycles. The fraction of sp³-hybridized carbons (Fsp3) is 0. The van der Waals surface area contributed by atoms with E-state index in [2.05, 4.69) is 203 Å². The number of para-hydroxylation sites is 2. The van der Waals surface area contributed by atoms with Crippen LogP contribution in [-0.4, -0.2) is 9.13 Å². The summed E-state index contributed by atoms with van der Waals surface area (Å²) < 4.78 is 4.85. The van der Waals surface area contributed by atoms with Crippen LogP contribution >= 0.6 is 0 Å². The maximum absolute atomic E-state index is 2.43. The van der Waals surface area contributed by atoms with Crippen molar-refractivity contribution < 1.29 is 0 Å². The van der Waals surface area contributed by atoms with Crippen molar-refractivity contribution >= 4 is 43.6 Å². The predicted octanol–water partition coefficient (Wildman–Crippen LogP) is 12.9. The van der Waals surface area contributed by atoms with Crippen molar-refractivity contribution in [2.45, 2.75) is 0 Å². The number of nitrogens with zero attached hydrogens (tertiary/aromatic N) is 2. The minimum Gasteiger partial charge on any atom is -0.309 e. The van der Waals surface area contributed by atoms with Gasteiger partial charge in [-0.25, -0.2) is 0 Å². The molecule has 0 aliphatic carbocycles. The number of fused-ring (bicyclic) bond motifs is 6. The highest BCUT2D eigenvalue weighted by atomic mass is 15.0. The Balaban J connectivity index is 1.16. The summed E-state index contributed by atoms with van der Waals surface area (Å²) in [5, 5.41) is 5.02. The van der Waals surface area contributed by atoms with Crippen LogP contribution in [0.25, 0.3) is 88.4 Å². The van der Waals surface area contributed by atoms with Gasteiger partial charge in [-0.3, -0.25) is 0 Å². The maximum Gasteiger partial charge on any atom is 0.0547 e. The van der Waals surface area contributed by atoms with Crippen LogP contribution in [0.5, 0.6) is 0 Å². The van der Waals surface area contributed by atoms with E-state index in [9.17, 15) is 0 Å². The molecule has 0 unspecified atom stereocenters. The Hall–Kier alpha value is -6.64. The number of hydrogen-bond acceptors (Lipinski definition) is 0. The molecule has 10 aromatic rings. The van der Waals surface area contributed by atoms with Gasteiger partial charge in [0.15, 0.2) is 0 Å². The van der Waals surface area contributed by atoms with Crippen LogP contribution in [0, 0.1) is 0 Å². The van der Waals surface area contributed by atoms with E-state index in [1.807, 2.05) is 0 Å². The van der Waals surface area contributed by atoms with Gasteiger partial charge in [-0.15, -0.1) is 0 Å². The summed E-state index contributed by atoms with van der Waals surface area (Å²) in [6.07, 6.45) is 0. The Kier molecular flexibility index (Phi) is 6.53. The van der Waals surface area contributed by atoms with Crippen molar-refractivity contribution in [2.75, 3.05) is 0 Å². The van der Waals surface area contributed by atoms with E-state index in [0.29, 0.717) is 0 Å². The van der Waals surface area contributed by atoms with E-state index in [4.69, 9.17) is 0 Å². The Morgan fingerprint density at radius 3 is 1.54 bits per heavy atom. The highest BCUT2D eigenvalue weighted by Gasteiger charge is 2.18. The molecule has 0 saturated heterocycles. The second-order valence-corrected chi connectivity index (χ2v) is 13.0. The molecule has 0 aliphatic heterocycles. The van der Waals surface area contributed by atoms with Crippen molar-refractivity contribution in [3.05, 3.63) is 194 Å². The van der Waals surface area contributed by atoms with Crippen molar-refractivity contribution in [2.24, 2.45) is 0 Å². The average Bonchev–Trinajstić information content (AvgIpc) is 3.71. The first-order valence-corrected chi connectivity index (χ1v) is 17.2. The molecule has 0 radical (unpaired) electrons. The second-order valence-electron chi connectivity index (χ2n) is 13.0. The minimum absolute atomic E-state index is 1.15. The third-order valence-electron chi connectivity index (χ3n) is 10.1. The molecule has 234 valence electrons. The predicted molar refractivity (Wildman–Crippen MR) is 211 cm³/mol. The number of rotatable bonds is 5. The Morgan fingerprint density at radius 2 is 0.760 bits per heavy atom. The first kappa shape index (κ1) is 28.4. The third-order valence-corrected chi connectivity index (χ3v) is 10.1. The summed E-state index contributed by atoms with van der Waals surface area (Å²) in [5.74, 6) is 0. The fourth-order valence-electron chi connectivity index (χ4n) is 7.87. The molecule has 0 aliphatic rings. The molecule has 2 nitrogen and oxygen atoms in total. The van der Waals surface area contributed by atoms with Crippen molar-refractivity contribution in [3.63, 3.8) is 0 Å². The maximum atomic E-state index is 2.43. The van der Waals surface area contributed by atoms with Gasteiger partial charge in [-0.05, 0) is 88.0 Å². The molecule has 0 atom stereocenters. The highest BCUT2D eigenvalue weighted by molar-refractivity contribution is 6.16. The number of hydrogen-bond donors (Lipinski definition) is 0. The topological polar surface area (TPSA) is 9.86 Å². The van der Waals surface area contributed by atoms with Crippen LogP contribution in [-0.2, 0) is 0 Å². The van der Waals surface area contributed by atoms with Gasteiger partial charge in [0.25, 0.3) is 0 Å². The second kappa shape index (κ2) is 11.5. The van der Waals surface area contributed by atoms with Crippen molar-refractivity contribution in [1.82, 2.24) is 9.13 Å². The van der Waals surface area contributed by atoms with E-state index >= 15 is 0 Å². The number of benzene rings is 8. The molecule has 0 spiro atoms. The summed E-state index contributed by atoms with van der Waals surface area (Å²) >= 11 is 0. The first-order valence-electron chi connectivity index (χ1n) is 17.2. The van der Waals surface area contributed by atoms with Crippen LogP contribution in [0.2, 0.25) is 0 Å². The zero-order valence-corrected chi connectivity index (χ0v) is 27.4.